The zero-order valence-corrected chi connectivity index (χ0v) is 19.8. The maximum absolute atomic E-state index is 14.4. The lowest BCUT2D eigenvalue weighted by Crippen LogP contribution is -2.51. The van der Waals surface area contributed by atoms with Crippen LogP contribution in [0.5, 0.6) is 5.75 Å². The maximum atomic E-state index is 14.4. The lowest BCUT2D eigenvalue weighted by molar-refractivity contribution is 0.0817. The number of aromatic nitrogens is 1. The molecule has 0 radical (unpaired) electrons. The van der Waals surface area contributed by atoms with Crippen LogP contribution in [0.3, 0.4) is 0 Å². The van der Waals surface area contributed by atoms with Gasteiger partial charge in [-0.25, -0.2) is 9.37 Å². The zero-order chi connectivity index (χ0) is 24.9. The van der Waals surface area contributed by atoms with E-state index in [4.69, 9.17) is 10.00 Å². The minimum Gasteiger partial charge on any atom is -0.495 e. The van der Waals surface area contributed by atoms with Gasteiger partial charge in [0.05, 0.1) is 30.6 Å². The second kappa shape index (κ2) is 10.5. The van der Waals surface area contributed by atoms with E-state index in [-0.39, 0.29) is 18.1 Å². The number of nitrogens with zero attached hydrogens (tertiary/aromatic N) is 3. The standard InChI is InChI=1S/C27H28FN5O2/c1-17(14-29)15-30-26-20-13-19(8-7-18(20)9-10-25(26)35-3)22-5-4-6-24(31-22)27(34)32-23-11-12-33(2)16-21(23)28/h4-10,13,21,23,30H,1,11-12,15-16H2,2-3H3,(H,32,34)/t21-,23+/m1/s1. The van der Waals surface area contributed by atoms with Gasteiger partial charge < -0.3 is 20.3 Å². The molecule has 4 rings (SSSR count). The molecule has 0 spiro atoms. The number of ether oxygens (including phenoxy) is 1. The monoisotopic (exact) mass is 473 g/mol. The fourth-order valence-electron chi connectivity index (χ4n) is 4.23. The fraction of sp³-hybridized carbons (Fsp3) is 0.296. The highest BCUT2D eigenvalue weighted by Gasteiger charge is 2.29. The highest BCUT2D eigenvalue weighted by Crippen LogP contribution is 2.35. The number of fused-ring (bicyclic) bond motifs is 1. The van der Waals surface area contributed by atoms with E-state index < -0.39 is 12.2 Å². The van der Waals surface area contributed by atoms with Crippen molar-refractivity contribution in [2.24, 2.45) is 0 Å². The largest absolute Gasteiger partial charge is 0.495 e. The molecule has 0 bridgehead atoms. The van der Waals surface area contributed by atoms with Crippen molar-refractivity contribution in [1.29, 1.82) is 5.26 Å². The average Bonchev–Trinajstić information content (AvgIpc) is 2.88. The summed E-state index contributed by atoms with van der Waals surface area (Å²) in [6, 6.07) is 16.4. The van der Waals surface area contributed by atoms with Crippen LogP contribution in [0.1, 0.15) is 16.9 Å². The number of anilines is 1. The number of pyridine rings is 1. The number of methoxy groups -OCH3 is 1. The van der Waals surface area contributed by atoms with Crippen LogP contribution in [0.4, 0.5) is 10.1 Å². The summed E-state index contributed by atoms with van der Waals surface area (Å²) in [5.74, 6) is 0.254. The topological polar surface area (TPSA) is 90.3 Å². The van der Waals surface area contributed by atoms with E-state index in [2.05, 4.69) is 22.2 Å². The Hall–Kier alpha value is -3.96. The minimum atomic E-state index is -1.11. The molecule has 1 saturated heterocycles. The molecule has 35 heavy (non-hydrogen) atoms. The van der Waals surface area contributed by atoms with Crippen LogP contribution in [0.25, 0.3) is 22.0 Å². The molecule has 2 aromatic carbocycles. The molecule has 1 aromatic heterocycles. The Kier molecular flexibility index (Phi) is 7.28. The Morgan fingerprint density at radius 1 is 1.31 bits per heavy atom. The van der Waals surface area contributed by atoms with E-state index in [1.54, 1.807) is 19.2 Å². The second-order valence-electron chi connectivity index (χ2n) is 8.70. The van der Waals surface area contributed by atoms with Crippen molar-refractivity contribution in [3.05, 3.63) is 66.4 Å². The van der Waals surface area contributed by atoms with E-state index in [1.165, 1.54) is 0 Å². The fourth-order valence-corrected chi connectivity index (χ4v) is 4.23. The van der Waals surface area contributed by atoms with Crippen molar-refractivity contribution in [3.8, 4) is 23.1 Å². The van der Waals surface area contributed by atoms with Gasteiger partial charge in [0.1, 0.15) is 17.6 Å². The maximum Gasteiger partial charge on any atom is 0.270 e. The zero-order valence-electron chi connectivity index (χ0n) is 19.8. The van der Waals surface area contributed by atoms with Crippen LogP contribution in [0, 0.1) is 11.3 Å². The molecule has 3 aromatic rings. The van der Waals surface area contributed by atoms with Gasteiger partial charge in [-0.15, -0.1) is 0 Å². The summed E-state index contributed by atoms with van der Waals surface area (Å²) in [7, 11) is 3.46. The van der Waals surface area contributed by atoms with Crippen LogP contribution in [-0.4, -0.2) is 61.8 Å². The number of halogens is 1. The van der Waals surface area contributed by atoms with Crippen molar-refractivity contribution < 1.29 is 13.9 Å². The first-order chi connectivity index (χ1) is 16.9. The Morgan fingerprint density at radius 2 is 2.11 bits per heavy atom. The number of carbonyl (C=O) groups is 1. The number of nitrogens with one attached hydrogen (secondary N) is 2. The number of amides is 1. The third-order valence-corrected chi connectivity index (χ3v) is 6.18. The van der Waals surface area contributed by atoms with Gasteiger partial charge in [0.2, 0.25) is 0 Å². The molecule has 1 aliphatic rings. The molecule has 2 heterocycles. The van der Waals surface area contributed by atoms with E-state index in [9.17, 15) is 9.18 Å². The summed E-state index contributed by atoms with van der Waals surface area (Å²) in [6.07, 6.45) is -0.553. The van der Waals surface area contributed by atoms with Gasteiger partial charge in [0.15, 0.2) is 0 Å². The molecule has 2 atom stereocenters. The third kappa shape index (κ3) is 5.42. The Morgan fingerprint density at radius 3 is 2.86 bits per heavy atom. The van der Waals surface area contributed by atoms with Crippen molar-refractivity contribution in [2.45, 2.75) is 18.6 Å². The lowest BCUT2D eigenvalue weighted by atomic mass is 10.0. The number of alkyl halides is 1. The van der Waals surface area contributed by atoms with Gasteiger partial charge in [0.25, 0.3) is 5.91 Å². The number of piperidine rings is 1. The summed E-state index contributed by atoms with van der Waals surface area (Å²) < 4.78 is 19.9. The van der Waals surface area contributed by atoms with Crippen LogP contribution in [0.2, 0.25) is 0 Å². The molecule has 0 unspecified atom stereocenters. The van der Waals surface area contributed by atoms with E-state index in [0.29, 0.717) is 30.0 Å². The van der Waals surface area contributed by atoms with Gasteiger partial charge in [0, 0.05) is 36.2 Å². The summed E-state index contributed by atoms with van der Waals surface area (Å²) >= 11 is 0. The van der Waals surface area contributed by atoms with Gasteiger partial charge in [-0.3, -0.25) is 4.79 Å². The first kappa shape index (κ1) is 24.2. The van der Waals surface area contributed by atoms with Crippen molar-refractivity contribution in [3.63, 3.8) is 0 Å². The van der Waals surface area contributed by atoms with E-state index in [1.807, 2.05) is 54.4 Å². The van der Waals surface area contributed by atoms with Crippen LogP contribution < -0.4 is 15.4 Å². The van der Waals surface area contributed by atoms with Crippen molar-refractivity contribution >= 4 is 22.4 Å². The van der Waals surface area contributed by atoms with Crippen LogP contribution in [-0.2, 0) is 0 Å². The first-order valence-electron chi connectivity index (χ1n) is 11.4. The highest BCUT2D eigenvalue weighted by molar-refractivity contribution is 5.99. The normalized spacial score (nSPS) is 18.0. The first-order valence-corrected chi connectivity index (χ1v) is 11.4. The third-order valence-electron chi connectivity index (χ3n) is 6.18. The average molecular weight is 474 g/mol. The molecule has 1 amide bonds. The van der Waals surface area contributed by atoms with Crippen molar-refractivity contribution in [2.75, 3.05) is 39.1 Å². The van der Waals surface area contributed by atoms with Gasteiger partial charge in [-0.2, -0.15) is 5.26 Å². The van der Waals surface area contributed by atoms with Crippen LogP contribution >= 0.6 is 0 Å². The number of benzene rings is 2. The number of carbonyl (C=O) groups excluding carboxylic acids is 1. The molecule has 1 aliphatic heterocycles. The number of hydrogen-bond acceptors (Lipinski definition) is 6. The van der Waals surface area contributed by atoms with E-state index in [0.717, 1.165) is 28.6 Å². The molecular formula is C27H28FN5O2. The Bertz CT molecular complexity index is 1300. The summed E-state index contributed by atoms with van der Waals surface area (Å²) in [5, 5.41) is 17.0. The van der Waals surface area contributed by atoms with Crippen LogP contribution in [0.15, 0.2) is 60.7 Å². The number of nitriles is 1. The van der Waals surface area contributed by atoms with Gasteiger partial charge in [-0.1, -0.05) is 30.8 Å². The molecular weight excluding hydrogens is 445 g/mol. The highest BCUT2D eigenvalue weighted by atomic mass is 19.1. The van der Waals surface area contributed by atoms with E-state index >= 15 is 0 Å². The SMILES string of the molecule is C=C(C#N)CNc1c(OC)ccc2ccc(-c3cccc(C(=O)N[C@H]4CCN(C)C[C@H]4F)n3)cc12. The summed E-state index contributed by atoms with van der Waals surface area (Å²) in [6.45, 7) is 5.05. The Labute approximate surface area is 204 Å². The number of likely N-dealkylation sites (tertiary alicyclic amines) is 1. The minimum absolute atomic E-state index is 0.239. The summed E-state index contributed by atoms with van der Waals surface area (Å²) in [5.41, 5.74) is 2.82. The van der Waals surface area contributed by atoms with Gasteiger partial charge in [-0.05, 0) is 43.1 Å². The molecule has 1 fully saturated rings. The van der Waals surface area contributed by atoms with Crippen molar-refractivity contribution in [1.82, 2.24) is 15.2 Å². The molecule has 180 valence electrons. The predicted molar refractivity (Wildman–Crippen MR) is 135 cm³/mol. The molecule has 0 saturated carbocycles. The second-order valence-corrected chi connectivity index (χ2v) is 8.70. The number of rotatable bonds is 7. The molecule has 8 heteroatoms. The Balaban J connectivity index is 1.63. The quantitative estimate of drug-likeness (QED) is 0.501. The number of hydrogen-bond donors (Lipinski definition) is 2. The smallest absolute Gasteiger partial charge is 0.270 e. The summed E-state index contributed by atoms with van der Waals surface area (Å²) in [4.78, 5) is 19.3. The lowest BCUT2D eigenvalue weighted by Gasteiger charge is -2.32. The van der Waals surface area contributed by atoms with Gasteiger partial charge >= 0.3 is 0 Å². The predicted octanol–water partition coefficient (Wildman–Crippen LogP) is 4.17. The molecule has 7 nitrogen and oxygen atoms in total. The molecule has 2 N–H and O–H groups in total. The molecule has 0 aliphatic carbocycles.